The molecule has 0 saturated heterocycles. The summed E-state index contributed by atoms with van der Waals surface area (Å²) in [6.07, 6.45) is 0.283. The number of carbonyl (C=O) groups is 2. The van der Waals surface area contributed by atoms with Gasteiger partial charge in [-0.25, -0.2) is 5.43 Å². The molecule has 2 aromatic rings. The van der Waals surface area contributed by atoms with E-state index in [2.05, 4.69) is 10.5 Å². The molecule has 0 unspecified atom stereocenters. The van der Waals surface area contributed by atoms with Crippen LogP contribution in [0.4, 0.5) is 0 Å². The number of amides is 2. The lowest BCUT2D eigenvalue weighted by atomic mass is 10.1. The Labute approximate surface area is 166 Å². The number of nitrogens with zero attached hydrogens (tertiary/aromatic N) is 2. The molecule has 0 aliphatic heterocycles. The highest BCUT2D eigenvalue weighted by Gasteiger charge is 2.10. The maximum atomic E-state index is 12.0. The van der Waals surface area contributed by atoms with Crippen LogP contribution in [-0.4, -0.2) is 42.1 Å². The van der Waals surface area contributed by atoms with E-state index in [1.54, 1.807) is 17.0 Å². The Morgan fingerprint density at radius 1 is 1.00 bits per heavy atom. The average molecular weight is 381 g/mol. The van der Waals surface area contributed by atoms with Crippen LogP contribution in [0.15, 0.2) is 59.7 Å². The van der Waals surface area contributed by atoms with E-state index < -0.39 is 0 Å². The van der Waals surface area contributed by atoms with Gasteiger partial charge >= 0.3 is 0 Å². The third-order valence-electron chi connectivity index (χ3n) is 4.31. The normalized spacial score (nSPS) is 11.0. The van der Waals surface area contributed by atoms with Gasteiger partial charge in [0.25, 0.3) is 5.91 Å². The molecule has 6 heteroatoms. The fraction of sp³-hybridized carbons (Fsp3) is 0.318. The molecule has 0 fully saturated rings. The molecule has 0 aliphatic carbocycles. The minimum atomic E-state index is -0.166. The first-order valence-corrected chi connectivity index (χ1v) is 9.41. The summed E-state index contributed by atoms with van der Waals surface area (Å²) in [6, 6.07) is 16.8. The van der Waals surface area contributed by atoms with Gasteiger partial charge in [-0.3, -0.25) is 9.59 Å². The zero-order valence-corrected chi connectivity index (χ0v) is 16.6. The van der Waals surface area contributed by atoms with Gasteiger partial charge in [0.05, 0.1) is 12.1 Å². The molecular weight excluding hydrogens is 354 g/mol. The second kappa shape index (κ2) is 10.9. The van der Waals surface area contributed by atoms with E-state index in [9.17, 15) is 9.59 Å². The van der Waals surface area contributed by atoms with Crippen LogP contribution in [0.3, 0.4) is 0 Å². The summed E-state index contributed by atoms with van der Waals surface area (Å²) in [6.45, 7) is 7.06. The Morgan fingerprint density at radius 3 is 2.25 bits per heavy atom. The highest BCUT2D eigenvalue weighted by Crippen LogP contribution is 2.13. The van der Waals surface area contributed by atoms with Crippen molar-refractivity contribution in [3.8, 4) is 5.75 Å². The summed E-state index contributed by atoms with van der Waals surface area (Å²) >= 11 is 0. The molecule has 0 aromatic heterocycles. The summed E-state index contributed by atoms with van der Waals surface area (Å²) in [5, 5.41) is 4.16. The molecule has 0 saturated carbocycles. The molecular formula is C22H27N3O3. The first-order valence-electron chi connectivity index (χ1n) is 9.41. The number of rotatable bonds is 9. The molecule has 1 N–H and O–H groups in total. The van der Waals surface area contributed by atoms with Crippen molar-refractivity contribution >= 4 is 17.5 Å². The third kappa shape index (κ3) is 6.54. The van der Waals surface area contributed by atoms with E-state index in [1.165, 1.54) is 0 Å². The Kier molecular flexibility index (Phi) is 8.21. The summed E-state index contributed by atoms with van der Waals surface area (Å²) in [4.78, 5) is 25.7. The number of hydrogen-bond acceptors (Lipinski definition) is 4. The van der Waals surface area contributed by atoms with Crippen molar-refractivity contribution in [2.45, 2.75) is 27.2 Å². The molecule has 148 valence electrons. The van der Waals surface area contributed by atoms with Crippen molar-refractivity contribution in [3.05, 3.63) is 65.7 Å². The van der Waals surface area contributed by atoms with Crippen molar-refractivity contribution in [1.29, 1.82) is 0 Å². The van der Waals surface area contributed by atoms with Crippen LogP contribution < -0.4 is 10.2 Å². The van der Waals surface area contributed by atoms with Crippen molar-refractivity contribution in [2.24, 2.45) is 5.10 Å². The van der Waals surface area contributed by atoms with Crippen molar-refractivity contribution in [3.63, 3.8) is 0 Å². The molecule has 0 atom stereocenters. The summed E-state index contributed by atoms with van der Waals surface area (Å²) < 4.78 is 5.55. The predicted molar refractivity (Wildman–Crippen MR) is 110 cm³/mol. The van der Waals surface area contributed by atoms with E-state index in [1.807, 2.05) is 63.2 Å². The van der Waals surface area contributed by atoms with Gasteiger partial charge in [-0.05, 0) is 56.2 Å². The molecule has 0 spiro atoms. The van der Waals surface area contributed by atoms with Crippen LogP contribution in [0.1, 0.15) is 31.9 Å². The lowest BCUT2D eigenvalue weighted by Crippen LogP contribution is -2.34. The molecule has 2 aromatic carbocycles. The Balaban J connectivity index is 1.86. The number of ether oxygens (including phenoxy) is 1. The Bertz CT molecular complexity index is 798. The lowest BCUT2D eigenvalue weighted by Gasteiger charge is -2.18. The van der Waals surface area contributed by atoms with E-state index in [4.69, 9.17) is 4.74 Å². The molecule has 6 nitrogen and oxygen atoms in total. The van der Waals surface area contributed by atoms with Gasteiger partial charge in [-0.1, -0.05) is 30.3 Å². The number of hydrazone groups is 1. The summed E-state index contributed by atoms with van der Waals surface area (Å²) in [5.74, 6) is 0.415. The zero-order chi connectivity index (χ0) is 20.4. The maximum absolute atomic E-state index is 12.0. The van der Waals surface area contributed by atoms with E-state index in [-0.39, 0.29) is 24.8 Å². The van der Waals surface area contributed by atoms with Crippen molar-refractivity contribution in [2.75, 3.05) is 19.7 Å². The van der Waals surface area contributed by atoms with Crippen LogP contribution in [0.25, 0.3) is 0 Å². The predicted octanol–water partition coefficient (Wildman–Crippen LogP) is 3.02. The van der Waals surface area contributed by atoms with Gasteiger partial charge < -0.3 is 9.64 Å². The van der Waals surface area contributed by atoms with Gasteiger partial charge in [-0.2, -0.15) is 5.10 Å². The van der Waals surface area contributed by atoms with Crippen molar-refractivity contribution in [1.82, 2.24) is 10.3 Å². The molecule has 0 heterocycles. The van der Waals surface area contributed by atoms with Crippen LogP contribution in [0.5, 0.6) is 5.75 Å². The fourth-order valence-electron chi connectivity index (χ4n) is 2.64. The smallest absolute Gasteiger partial charge is 0.260 e. The van der Waals surface area contributed by atoms with E-state index >= 15 is 0 Å². The highest BCUT2D eigenvalue weighted by molar-refractivity contribution is 5.99. The second-order valence-electron chi connectivity index (χ2n) is 6.27. The zero-order valence-electron chi connectivity index (χ0n) is 16.6. The summed E-state index contributed by atoms with van der Waals surface area (Å²) in [7, 11) is 0. The average Bonchev–Trinajstić information content (AvgIpc) is 2.72. The van der Waals surface area contributed by atoms with Gasteiger partial charge in [-0.15, -0.1) is 0 Å². The Hall–Kier alpha value is -3.15. The largest absolute Gasteiger partial charge is 0.484 e. The van der Waals surface area contributed by atoms with E-state index in [0.29, 0.717) is 24.6 Å². The topological polar surface area (TPSA) is 71.0 Å². The van der Waals surface area contributed by atoms with Crippen molar-refractivity contribution < 1.29 is 14.3 Å². The van der Waals surface area contributed by atoms with Crippen LogP contribution in [0, 0.1) is 0 Å². The third-order valence-corrected chi connectivity index (χ3v) is 4.31. The fourth-order valence-corrected chi connectivity index (χ4v) is 2.64. The standard InChI is InChI=1S/C22H27N3O3/c1-4-25(5-2)22(27)16-28-20-13-11-19(12-14-20)17(3)23-24-21(26)15-18-9-7-6-8-10-18/h6-14H,4-5,15-16H2,1-3H3,(H,24,26)/b23-17-. The monoisotopic (exact) mass is 381 g/mol. The number of benzene rings is 2. The maximum Gasteiger partial charge on any atom is 0.260 e. The molecule has 28 heavy (non-hydrogen) atoms. The second-order valence-corrected chi connectivity index (χ2v) is 6.27. The molecule has 2 amide bonds. The SMILES string of the molecule is CCN(CC)C(=O)COc1ccc(/C(C)=N\NC(=O)Cc2ccccc2)cc1. The molecule has 0 aliphatic rings. The van der Waals surface area contributed by atoms with Gasteiger partial charge in [0, 0.05) is 13.1 Å². The number of hydrogen-bond donors (Lipinski definition) is 1. The number of nitrogens with one attached hydrogen (secondary N) is 1. The lowest BCUT2D eigenvalue weighted by molar-refractivity contribution is -0.133. The number of carbonyl (C=O) groups excluding carboxylic acids is 2. The van der Waals surface area contributed by atoms with Crippen LogP contribution in [0.2, 0.25) is 0 Å². The van der Waals surface area contributed by atoms with Gasteiger partial charge in [0.15, 0.2) is 6.61 Å². The number of likely N-dealkylation sites (N-methyl/N-ethyl adjacent to an activating group) is 1. The van der Waals surface area contributed by atoms with Crippen LogP contribution in [-0.2, 0) is 16.0 Å². The minimum absolute atomic E-state index is 0.0175. The van der Waals surface area contributed by atoms with Gasteiger partial charge in [0.2, 0.25) is 5.91 Å². The minimum Gasteiger partial charge on any atom is -0.484 e. The first kappa shape index (κ1) is 21.2. The molecule has 2 rings (SSSR count). The first-order chi connectivity index (χ1) is 13.5. The molecule has 0 radical (unpaired) electrons. The van der Waals surface area contributed by atoms with Crippen LogP contribution >= 0.6 is 0 Å². The Morgan fingerprint density at radius 2 is 1.64 bits per heavy atom. The molecule has 0 bridgehead atoms. The van der Waals surface area contributed by atoms with Gasteiger partial charge in [0.1, 0.15) is 5.75 Å². The quantitative estimate of drug-likeness (QED) is 0.536. The summed E-state index contributed by atoms with van der Waals surface area (Å²) in [5.41, 5.74) is 5.07. The van der Waals surface area contributed by atoms with E-state index in [0.717, 1.165) is 11.1 Å². The highest BCUT2D eigenvalue weighted by atomic mass is 16.5.